The third-order valence-electron chi connectivity index (χ3n) is 4.44. The standard InChI is InChI=1S/C17H28N2O/c1-4-19(16-11-12-18-13-16)14(2)5-6-15-7-9-17(20-3)10-8-15/h7-10,14,16,18H,4-6,11-13H2,1-3H3. The van der Waals surface area contributed by atoms with E-state index in [1.54, 1.807) is 7.11 Å². The number of hydrogen-bond donors (Lipinski definition) is 1. The van der Waals surface area contributed by atoms with Crippen molar-refractivity contribution in [2.45, 2.75) is 45.2 Å². The smallest absolute Gasteiger partial charge is 0.118 e. The predicted octanol–water partition coefficient (Wildman–Crippen LogP) is 2.70. The largest absolute Gasteiger partial charge is 0.497 e. The second kappa shape index (κ2) is 7.65. The van der Waals surface area contributed by atoms with Crippen LogP contribution < -0.4 is 10.1 Å². The molecule has 0 amide bonds. The van der Waals surface area contributed by atoms with Crippen molar-refractivity contribution < 1.29 is 4.74 Å². The molecule has 1 aromatic rings. The monoisotopic (exact) mass is 276 g/mol. The predicted molar refractivity (Wildman–Crippen MR) is 84.4 cm³/mol. The Morgan fingerprint density at radius 2 is 2.10 bits per heavy atom. The highest BCUT2D eigenvalue weighted by atomic mass is 16.5. The Bertz CT molecular complexity index is 384. The Labute approximate surface area is 123 Å². The van der Waals surface area contributed by atoms with E-state index in [1.807, 2.05) is 0 Å². The minimum Gasteiger partial charge on any atom is -0.497 e. The van der Waals surface area contributed by atoms with E-state index in [0.29, 0.717) is 6.04 Å². The van der Waals surface area contributed by atoms with Gasteiger partial charge < -0.3 is 10.1 Å². The second-order valence-electron chi connectivity index (χ2n) is 5.71. The SMILES string of the molecule is CCN(C(C)CCc1ccc(OC)cc1)C1CCNC1. The molecule has 3 nitrogen and oxygen atoms in total. The van der Waals surface area contributed by atoms with E-state index in [1.165, 1.54) is 24.9 Å². The molecule has 1 heterocycles. The fourth-order valence-corrected chi connectivity index (χ4v) is 3.19. The van der Waals surface area contributed by atoms with Crippen molar-refractivity contribution in [2.24, 2.45) is 0 Å². The van der Waals surface area contributed by atoms with Crippen molar-refractivity contribution >= 4 is 0 Å². The average Bonchev–Trinajstić information content (AvgIpc) is 3.00. The molecule has 3 heteroatoms. The van der Waals surface area contributed by atoms with Gasteiger partial charge in [-0.3, -0.25) is 4.90 Å². The summed E-state index contributed by atoms with van der Waals surface area (Å²) in [6.07, 6.45) is 3.65. The van der Waals surface area contributed by atoms with Crippen LogP contribution in [0.15, 0.2) is 24.3 Å². The molecule has 1 saturated heterocycles. The summed E-state index contributed by atoms with van der Waals surface area (Å²) in [5, 5.41) is 3.47. The first-order chi connectivity index (χ1) is 9.74. The second-order valence-corrected chi connectivity index (χ2v) is 5.71. The molecule has 0 saturated carbocycles. The Morgan fingerprint density at radius 3 is 2.65 bits per heavy atom. The molecule has 1 aliphatic rings. The molecule has 20 heavy (non-hydrogen) atoms. The van der Waals surface area contributed by atoms with Crippen molar-refractivity contribution in [1.29, 1.82) is 0 Å². The van der Waals surface area contributed by atoms with Crippen molar-refractivity contribution in [3.63, 3.8) is 0 Å². The molecule has 0 spiro atoms. The number of nitrogens with one attached hydrogen (secondary N) is 1. The minimum atomic E-state index is 0.645. The number of aryl methyl sites for hydroxylation is 1. The topological polar surface area (TPSA) is 24.5 Å². The highest BCUT2D eigenvalue weighted by Crippen LogP contribution is 2.18. The zero-order valence-electron chi connectivity index (χ0n) is 13.1. The van der Waals surface area contributed by atoms with E-state index in [2.05, 4.69) is 48.3 Å². The van der Waals surface area contributed by atoms with Crippen LogP contribution in [-0.4, -0.2) is 43.7 Å². The Hall–Kier alpha value is -1.06. The van der Waals surface area contributed by atoms with Gasteiger partial charge in [0.25, 0.3) is 0 Å². The lowest BCUT2D eigenvalue weighted by atomic mass is 10.0. The van der Waals surface area contributed by atoms with E-state index in [0.717, 1.165) is 31.3 Å². The number of ether oxygens (including phenoxy) is 1. The quantitative estimate of drug-likeness (QED) is 0.828. The zero-order valence-corrected chi connectivity index (χ0v) is 13.1. The summed E-state index contributed by atoms with van der Waals surface area (Å²) in [6, 6.07) is 9.84. The minimum absolute atomic E-state index is 0.645. The molecule has 0 aromatic heterocycles. The number of rotatable bonds is 7. The Kier molecular flexibility index (Phi) is 5.86. The third-order valence-corrected chi connectivity index (χ3v) is 4.44. The molecule has 0 bridgehead atoms. The summed E-state index contributed by atoms with van der Waals surface area (Å²) in [5.41, 5.74) is 1.40. The number of methoxy groups -OCH3 is 1. The summed E-state index contributed by atoms with van der Waals surface area (Å²) >= 11 is 0. The molecular weight excluding hydrogens is 248 g/mol. The zero-order chi connectivity index (χ0) is 14.4. The van der Waals surface area contributed by atoms with Gasteiger partial charge in [-0.1, -0.05) is 19.1 Å². The summed E-state index contributed by atoms with van der Waals surface area (Å²) in [7, 11) is 1.71. The van der Waals surface area contributed by atoms with Crippen LogP contribution in [-0.2, 0) is 6.42 Å². The Balaban J connectivity index is 1.84. The number of hydrogen-bond acceptors (Lipinski definition) is 3. The van der Waals surface area contributed by atoms with Gasteiger partial charge in [-0.25, -0.2) is 0 Å². The number of nitrogens with zero attached hydrogens (tertiary/aromatic N) is 1. The first-order valence-corrected chi connectivity index (χ1v) is 7.84. The van der Waals surface area contributed by atoms with Crippen LogP contribution in [0.4, 0.5) is 0 Å². The molecule has 1 fully saturated rings. The summed E-state index contributed by atoms with van der Waals surface area (Å²) in [4.78, 5) is 2.66. The molecule has 1 N–H and O–H groups in total. The van der Waals surface area contributed by atoms with Crippen LogP contribution in [0.2, 0.25) is 0 Å². The lowest BCUT2D eigenvalue weighted by Crippen LogP contribution is -2.43. The van der Waals surface area contributed by atoms with Crippen LogP contribution in [0.3, 0.4) is 0 Å². The summed E-state index contributed by atoms with van der Waals surface area (Å²) < 4.78 is 5.20. The van der Waals surface area contributed by atoms with Gasteiger partial charge in [0.1, 0.15) is 5.75 Å². The third kappa shape index (κ3) is 3.97. The normalized spacial score (nSPS) is 20.3. The van der Waals surface area contributed by atoms with Crippen LogP contribution in [0.5, 0.6) is 5.75 Å². The first kappa shape index (κ1) is 15.3. The molecule has 2 rings (SSSR count). The van der Waals surface area contributed by atoms with E-state index < -0.39 is 0 Å². The number of likely N-dealkylation sites (N-methyl/N-ethyl adjacent to an activating group) is 1. The molecule has 0 aliphatic carbocycles. The molecule has 112 valence electrons. The highest BCUT2D eigenvalue weighted by Gasteiger charge is 2.24. The van der Waals surface area contributed by atoms with E-state index in [4.69, 9.17) is 4.74 Å². The molecule has 0 radical (unpaired) electrons. The van der Waals surface area contributed by atoms with Crippen molar-refractivity contribution in [1.82, 2.24) is 10.2 Å². The van der Waals surface area contributed by atoms with Gasteiger partial charge >= 0.3 is 0 Å². The van der Waals surface area contributed by atoms with E-state index in [-0.39, 0.29) is 0 Å². The molecule has 2 unspecified atom stereocenters. The van der Waals surface area contributed by atoms with Gasteiger partial charge in [0.15, 0.2) is 0 Å². The van der Waals surface area contributed by atoms with Crippen LogP contribution in [0.25, 0.3) is 0 Å². The van der Waals surface area contributed by atoms with E-state index >= 15 is 0 Å². The summed E-state index contributed by atoms with van der Waals surface area (Å²) in [5.74, 6) is 0.939. The Morgan fingerprint density at radius 1 is 1.35 bits per heavy atom. The maximum Gasteiger partial charge on any atom is 0.118 e. The van der Waals surface area contributed by atoms with Gasteiger partial charge in [-0.05, 0) is 57.0 Å². The van der Waals surface area contributed by atoms with Crippen LogP contribution in [0, 0.1) is 0 Å². The fourth-order valence-electron chi connectivity index (χ4n) is 3.19. The average molecular weight is 276 g/mol. The van der Waals surface area contributed by atoms with Gasteiger partial charge in [-0.2, -0.15) is 0 Å². The lowest BCUT2D eigenvalue weighted by molar-refractivity contribution is 0.155. The molecule has 1 aliphatic heterocycles. The molecule has 2 atom stereocenters. The first-order valence-electron chi connectivity index (χ1n) is 7.84. The van der Waals surface area contributed by atoms with Crippen LogP contribution >= 0.6 is 0 Å². The van der Waals surface area contributed by atoms with Crippen molar-refractivity contribution in [2.75, 3.05) is 26.7 Å². The fraction of sp³-hybridized carbons (Fsp3) is 0.647. The van der Waals surface area contributed by atoms with Gasteiger partial charge in [0.05, 0.1) is 7.11 Å². The molecule has 1 aromatic carbocycles. The summed E-state index contributed by atoms with van der Waals surface area (Å²) in [6.45, 7) is 8.12. The maximum atomic E-state index is 5.20. The highest BCUT2D eigenvalue weighted by molar-refractivity contribution is 5.27. The van der Waals surface area contributed by atoms with E-state index in [9.17, 15) is 0 Å². The molecular formula is C17H28N2O. The lowest BCUT2D eigenvalue weighted by Gasteiger charge is -2.33. The van der Waals surface area contributed by atoms with Gasteiger partial charge in [-0.15, -0.1) is 0 Å². The number of benzene rings is 1. The van der Waals surface area contributed by atoms with Crippen LogP contribution in [0.1, 0.15) is 32.3 Å². The van der Waals surface area contributed by atoms with Crippen molar-refractivity contribution in [3.8, 4) is 5.75 Å². The van der Waals surface area contributed by atoms with Gasteiger partial charge in [0, 0.05) is 18.6 Å². The van der Waals surface area contributed by atoms with Gasteiger partial charge in [0.2, 0.25) is 0 Å². The maximum absolute atomic E-state index is 5.20. The van der Waals surface area contributed by atoms with Crippen molar-refractivity contribution in [3.05, 3.63) is 29.8 Å².